The molecule has 0 spiro atoms. The lowest BCUT2D eigenvalue weighted by Crippen LogP contribution is -2.45. The van der Waals surface area contributed by atoms with Gasteiger partial charge >= 0.3 is 0 Å². The molecule has 2 bridgehead atoms. The van der Waals surface area contributed by atoms with Gasteiger partial charge in [0, 0.05) is 19.6 Å². The summed E-state index contributed by atoms with van der Waals surface area (Å²) in [7, 11) is 1.91. The van der Waals surface area contributed by atoms with Crippen LogP contribution in [-0.2, 0) is 11.3 Å². The van der Waals surface area contributed by atoms with Crippen LogP contribution in [0.3, 0.4) is 0 Å². The van der Waals surface area contributed by atoms with E-state index in [4.69, 9.17) is 5.73 Å². The van der Waals surface area contributed by atoms with Crippen LogP contribution in [0.4, 0.5) is 0 Å². The fourth-order valence-electron chi connectivity index (χ4n) is 4.08. The van der Waals surface area contributed by atoms with Crippen LogP contribution >= 0.6 is 0 Å². The predicted octanol–water partition coefficient (Wildman–Crippen LogP) is 2.33. The number of hydrogen-bond acceptors (Lipinski definition) is 2. The van der Waals surface area contributed by atoms with Gasteiger partial charge in [0.05, 0.1) is 5.92 Å². The molecule has 1 aromatic rings. The van der Waals surface area contributed by atoms with E-state index in [0.717, 1.165) is 6.42 Å². The Labute approximate surface area is 121 Å². The zero-order valence-electron chi connectivity index (χ0n) is 12.4. The van der Waals surface area contributed by atoms with Crippen molar-refractivity contribution in [2.45, 2.75) is 38.8 Å². The van der Waals surface area contributed by atoms with Gasteiger partial charge < -0.3 is 10.6 Å². The average Bonchev–Trinajstić information content (AvgIpc) is 3.01. The van der Waals surface area contributed by atoms with E-state index in [1.165, 1.54) is 24.0 Å². The van der Waals surface area contributed by atoms with E-state index in [1.54, 1.807) is 0 Å². The molecular weight excluding hydrogens is 248 g/mol. The van der Waals surface area contributed by atoms with Crippen molar-refractivity contribution in [3.05, 3.63) is 35.4 Å². The van der Waals surface area contributed by atoms with Gasteiger partial charge in [0.1, 0.15) is 0 Å². The smallest absolute Gasteiger partial charge is 0.227 e. The fourth-order valence-corrected chi connectivity index (χ4v) is 4.08. The molecule has 0 aliphatic heterocycles. The molecule has 0 saturated heterocycles. The van der Waals surface area contributed by atoms with E-state index in [-0.39, 0.29) is 17.9 Å². The van der Waals surface area contributed by atoms with Gasteiger partial charge in [-0.15, -0.1) is 0 Å². The van der Waals surface area contributed by atoms with E-state index in [0.29, 0.717) is 18.4 Å². The summed E-state index contributed by atoms with van der Waals surface area (Å²) < 4.78 is 0. The summed E-state index contributed by atoms with van der Waals surface area (Å²) in [5.74, 6) is 1.42. The van der Waals surface area contributed by atoms with Gasteiger partial charge in [0.15, 0.2) is 0 Å². The van der Waals surface area contributed by atoms with E-state index in [9.17, 15) is 4.79 Å². The van der Waals surface area contributed by atoms with Crippen LogP contribution < -0.4 is 5.73 Å². The molecule has 2 aliphatic rings. The number of nitrogens with zero attached hydrogens (tertiary/aromatic N) is 1. The van der Waals surface area contributed by atoms with Crippen molar-refractivity contribution in [2.75, 3.05) is 7.05 Å². The highest BCUT2D eigenvalue weighted by atomic mass is 16.2. The first-order valence-corrected chi connectivity index (χ1v) is 7.63. The molecule has 2 N–H and O–H groups in total. The van der Waals surface area contributed by atoms with E-state index in [1.807, 2.05) is 24.1 Å². The molecular formula is C17H24N2O. The van der Waals surface area contributed by atoms with Gasteiger partial charge in [0.25, 0.3) is 0 Å². The molecule has 1 aromatic carbocycles. The molecule has 2 fully saturated rings. The normalized spacial score (nSPS) is 31.6. The molecule has 4 unspecified atom stereocenters. The standard InChI is InChI=1S/C17H24N2O/c1-11-5-3-4-6-14(11)10-19(2)17(20)15-12-7-8-13(9-12)16(15)18/h3-6,12-13,15-16H,7-10,18H2,1-2H3. The molecule has 0 aromatic heterocycles. The van der Waals surface area contributed by atoms with Crippen molar-refractivity contribution < 1.29 is 4.79 Å². The summed E-state index contributed by atoms with van der Waals surface area (Å²) >= 11 is 0. The highest BCUT2D eigenvalue weighted by Crippen LogP contribution is 2.48. The summed E-state index contributed by atoms with van der Waals surface area (Å²) in [5.41, 5.74) is 8.74. The van der Waals surface area contributed by atoms with E-state index < -0.39 is 0 Å². The monoisotopic (exact) mass is 272 g/mol. The van der Waals surface area contributed by atoms with Gasteiger partial charge in [0.2, 0.25) is 5.91 Å². The summed E-state index contributed by atoms with van der Waals surface area (Å²) in [6.07, 6.45) is 3.57. The first kappa shape index (κ1) is 13.6. The van der Waals surface area contributed by atoms with Crippen LogP contribution in [-0.4, -0.2) is 23.9 Å². The number of carbonyl (C=O) groups excluding carboxylic acids is 1. The molecule has 2 saturated carbocycles. The number of benzene rings is 1. The highest BCUT2D eigenvalue weighted by molar-refractivity contribution is 5.80. The molecule has 2 aliphatic carbocycles. The Morgan fingerprint density at radius 2 is 2.00 bits per heavy atom. The molecule has 1 amide bonds. The Morgan fingerprint density at radius 1 is 1.30 bits per heavy atom. The molecule has 0 radical (unpaired) electrons. The first-order valence-electron chi connectivity index (χ1n) is 7.63. The third-order valence-corrected chi connectivity index (χ3v) is 5.31. The largest absolute Gasteiger partial charge is 0.341 e. The Balaban J connectivity index is 1.70. The summed E-state index contributed by atoms with van der Waals surface area (Å²) in [4.78, 5) is 14.6. The van der Waals surface area contributed by atoms with Crippen LogP contribution in [0.15, 0.2) is 24.3 Å². The quantitative estimate of drug-likeness (QED) is 0.918. The summed E-state index contributed by atoms with van der Waals surface area (Å²) in [5, 5.41) is 0. The summed E-state index contributed by atoms with van der Waals surface area (Å²) in [6, 6.07) is 8.34. The van der Waals surface area contributed by atoms with Crippen molar-refractivity contribution in [3.63, 3.8) is 0 Å². The Morgan fingerprint density at radius 3 is 2.65 bits per heavy atom. The van der Waals surface area contributed by atoms with Crippen LogP contribution in [0, 0.1) is 24.7 Å². The third kappa shape index (κ3) is 2.24. The number of amides is 1. The second kappa shape index (κ2) is 5.21. The van der Waals surface area contributed by atoms with Crippen LogP contribution in [0.25, 0.3) is 0 Å². The lowest BCUT2D eigenvalue weighted by molar-refractivity contribution is -0.137. The zero-order valence-corrected chi connectivity index (χ0v) is 12.4. The van der Waals surface area contributed by atoms with Crippen LogP contribution in [0.5, 0.6) is 0 Å². The average molecular weight is 272 g/mol. The highest BCUT2D eigenvalue weighted by Gasteiger charge is 2.49. The topological polar surface area (TPSA) is 46.3 Å². The minimum absolute atomic E-state index is 0.0581. The number of rotatable bonds is 3. The molecule has 3 nitrogen and oxygen atoms in total. The van der Waals surface area contributed by atoms with E-state index >= 15 is 0 Å². The summed E-state index contributed by atoms with van der Waals surface area (Å²) in [6.45, 7) is 2.78. The fraction of sp³-hybridized carbons (Fsp3) is 0.588. The van der Waals surface area contributed by atoms with Crippen LogP contribution in [0.2, 0.25) is 0 Å². The minimum atomic E-state index is 0.0581. The molecule has 3 rings (SSSR count). The lowest BCUT2D eigenvalue weighted by atomic mass is 9.84. The molecule has 108 valence electrons. The number of aryl methyl sites for hydroxylation is 1. The molecule has 4 atom stereocenters. The number of hydrogen-bond donors (Lipinski definition) is 1. The SMILES string of the molecule is Cc1ccccc1CN(C)C(=O)C1C2CCC(C2)C1N. The van der Waals surface area contributed by atoms with Crippen molar-refractivity contribution in [1.29, 1.82) is 0 Å². The maximum atomic E-state index is 12.7. The maximum Gasteiger partial charge on any atom is 0.227 e. The minimum Gasteiger partial charge on any atom is -0.341 e. The van der Waals surface area contributed by atoms with Crippen molar-refractivity contribution in [2.24, 2.45) is 23.5 Å². The Bertz CT molecular complexity index is 511. The predicted molar refractivity (Wildman–Crippen MR) is 79.9 cm³/mol. The van der Waals surface area contributed by atoms with Crippen molar-refractivity contribution in [3.8, 4) is 0 Å². The second-order valence-electron chi connectivity index (χ2n) is 6.56. The molecule has 20 heavy (non-hydrogen) atoms. The van der Waals surface area contributed by atoms with Gasteiger partial charge in [-0.2, -0.15) is 0 Å². The Hall–Kier alpha value is -1.35. The van der Waals surface area contributed by atoms with Gasteiger partial charge in [-0.3, -0.25) is 4.79 Å². The third-order valence-electron chi connectivity index (χ3n) is 5.31. The van der Waals surface area contributed by atoms with Crippen molar-refractivity contribution in [1.82, 2.24) is 4.90 Å². The second-order valence-corrected chi connectivity index (χ2v) is 6.56. The van der Waals surface area contributed by atoms with Gasteiger partial charge in [-0.25, -0.2) is 0 Å². The van der Waals surface area contributed by atoms with E-state index in [2.05, 4.69) is 19.1 Å². The Kier molecular flexibility index (Phi) is 3.55. The zero-order chi connectivity index (χ0) is 14.3. The molecule has 3 heteroatoms. The van der Waals surface area contributed by atoms with Gasteiger partial charge in [-0.05, 0) is 49.1 Å². The lowest BCUT2D eigenvalue weighted by Gasteiger charge is -2.31. The van der Waals surface area contributed by atoms with Crippen molar-refractivity contribution >= 4 is 5.91 Å². The van der Waals surface area contributed by atoms with Gasteiger partial charge in [-0.1, -0.05) is 24.3 Å². The first-order chi connectivity index (χ1) is 9.58. The molecule has 0 heterocycles. The van der Waals surface area contributed by atoms with Crippen LogP contribution in [0.1, 0.15) is 30.4 Å². The number of carbonyl (C=O) groups is 1. The number of nitrogens with two attached hydrogens (primary N) is 1. The number of fused-ring (bicyclic) bond motifs is 2. The maximum absolute atomic E-state index is 12.7.